The molecule has 82 valence electrons. The third-order valence-corrected chi connectivity index (χ3v) is 2.61. The number of nitrogens with zero attached hydrogens (tertiary/aromatic N) is 3. The van der Waals surface area contributed by atoms with E-state index in [2.05, 4.69) is 16.2 Å². The number of aliphatic carboxylic acids is 1. The number of carboxylic acids is 1. The summed E-state index contributed by atoms with van der Waals surface area (Å²) in [6.07, 6.45) is 1.64. The average Bonchev–Trinajstić information content (AvgIpc) is 2.51. The monoisotopic (exact) mass is 247 g/mol. The molecule has 0 saturated carbocycles. The molecule has 0 unspecified atom stereocenters. The predicted molar refractivity (Wildman–Crippen MR) is 58.0 cm³/mol. The Balaban J connectivity index is 2.61. The third kappa shape index (κ3) is 3.94. The first-order valence-electron chi connectivity index (χ1n) is 4.15. The largest absolute Gasteiger partial charge is 0.480 e. The van der Waals surface area contributed by atoms with Crippen molar-refractivity contribution in [1.29, 1.82) is 0 Å². The van der Waals surface area contributed by atoms with Crippen LogP contribution < -0.4 is 0 Å². The lowest BCUT2D eigenvalue weighted by molar-refractivity contribution is -0.138. The quantitative estimate of drug-likeness (QED) is 0.767. The van der Waals surface area contributed by atoms with Crippen molar-refractivity contribution >= 4 is 29.1 Å². The van der Waals surface area contributed by atoms with Gasteiger partial charge in [-0.25, -0.2) is 0 Å². The molecule has 1 aromatic rings. The number of rotatable bonds is 6. The van der Waals surface area contributed by atoms with Crippen molar-refractivity contribution in [2.45, 2.75) is 6.54 Å². The Labute approximate surface area is 96.1 Å². The minimum atomic E-state index is -0.892. The van der Waals surface area contributed by atoms with Gasteiger partial charge < -0.3 is 5.11 Å². The SMILES string of the molecule is C=CCN(CC(=O)O)Cc1nnsc1Cl. The van der Waals surface area contributed by atoms with Crippen molar-refractivity contribution in [2.24, 2.45) is 0 Å². The van der Waals surface area contributed by atoms with E-state index in [1.54, 1.807) is 11.0 Å². The molecule has 15 heavy (non-hydrogen) atoms. The summed E-state index contributed by atoms with van der Waals surface area (Å²) in [5, 5.41) is 12.5. The summed E-state index contributed by atoms with van der Waals surface area (Å²) in [5.74, 6) is -0.892. The van der Waals surface area contributed by atoms with Gasteiger partial charge in [-0.3, -0.25) is 9.69 Å². The maximum absolute atomic E-state index is 10.6. The molecule has 0 saturated heterocycles. The van der Waals surface area contributed by atoms with Crippen molar-refractivity contribution in [3.8, 4) is 0 Å². The maximum atomic E-state index is 10.6. The molecule has 1 aromatic heterocycles. The van der Waals surface area contributed by atoms with Gasteiger partial charge in [-0.05, 0) is 0 Å². The highest BCUT2D eigenvalue weighted by Gasteiger charge is 2.13. The summed E-state index contributed by atoms with van der Waals surface area (Å²) in [5.41, 5.74) is 0.602. The second-order valence-electron chi connectivity index (χ2n) is 2.85. The van der Waals surface area contributed by atoms with Crippen LogP contribution in [0.15, 0.2) is 12.7 Å². The van der Waals surface area contributed by atoms with Crippen molar-refractivity contribution < 1.29 is 9.90 Å². The third-order valence-electron chi connectivity index (χ3n) is 1.63. The van der Waals surface area contributed by atoms with Crippen LogP contribution in [0, 0.1) is 0 Å². The number of carbonyl (C=O) groups is 1. The molecule has 0 aliphatic rings. The molecule has 7 heteroatoms. The summed E-state index contributed by atoms with van der Waals surface area (Å²) in [4.78, 5) is 12.2. The van der Waals surface area contributed by atoms with Crippen LogP contribution in [0.4, 0.5) is 0 Å². The van der Waals surface area contributed by atoms with Gasteiger partial charge in [-0.1, -0.05) is 22.2 Å². The molecule has 0 fully saturated rings. The molecule has 0 atom stereocenters. The highest BCUT2D eigenvalue weighted by molar-refractivity contribution is 7.10. The van der Waals surface area contributed by atoms with Crippen LogP contribution >= 0.6 is 23.1 Å². The molecule has 0 aliphatic heterocycles. The fraction of sp³-hybridized carbons (Fsp3) is 0.375. The van der Waals surface area contributed by atoms with E-state index < -0.39 is 5.97 Å². The summed E-state index contributed by atoms with van der Waals surface area (Å²) in [7, 11) is 0. The molecule has 0 aromatic carbocycles. The van der Waals surface area contributed by atoms with Gasteiger partial charge in [0.15, 0.2) is 0 Å². The number of halogens is 1. The minimum absolute atomic E-state index is 0.0696. The highest BCUT2D eigenvalue weighted by atomic mass is 35.5. The van der Waals surface area contributed by atoms with Gasteiger partial charge in [0.2, 0.25) is 0 Å². The van der Waals surface area contributed by atoms with Gasteiger partial charge in [0.1, 0.15) is 10.0 Å². The van der Waals surface area contributed by atoms with Gasteiger partial charge in [-0.2, -0.15) is 0 Å². The predicted octanol–water partition coefficient (Wildman–Crippen LogP) is 1.26. The zero-order valence-electron chi connectivity index (χ0n) is 7.89. The molecule has 0 spiro atoms. The molecular formula is C8H10ClN3O2S. The number of hydrogen-bond donors (Lipinski definition) is 1. The van der Waals surface area contributed by atoms with Gasteiger partial charge in [-0.15, -0.1) is 11.7 Å². The van der Waals surface area contributed by atoms with E-state index in [1.807, 2.05) is 0 Å². The molecule has 1 N–H and O–H groups in total. The smallest absolute Gasteiger partial charge is 0.317 e. The van der Waals surface area contributed by atoms with E-state index >= 15 is 0 Å². The van der Waals surface area contributed by atoms with Crippen LogP contribution in [-0.4, -0.2) is 38.7 Å². The maximum Gasteiger partial charge on any atom is 0.317 e. The fourth-order valence-electron chi connectivity index (χ4n) is 1.06. The second-order valence-corrected chi connectivity index (χ2v) is 4.20. The van der Waals surface area contributed by atoms with Gasteiger partial charge >= 0.3 is 5.97 Å². The molecule has 1 rings (SSSR count). The first kappa shape index (κ1) is 12.1. The van der Waals surface area contributed by atoms with E-state index in [1.165, 1.54) is 0 Å². The molecule has 1 heterocycles. The number of carboxylic acid groups (broad SMARTS) is 1. The van der Waals surface area contributed by atoms with Gasteiger partial charge in [0.05, 0.1) is 6.54 Å². The van der Waals surface area contributed by atoms with Crippen molar-refractivity contribution in [1.82, 2.24) is 14.5 Å². The Bertz CT molecular complexity index is 355. The summed E-state index contributed by atoms with van der Waals surface area (Å²) >= 11 is 6.90. The normalized spacial score (nSPS) is 10.5. The molecule has 0 radical (unpaired) electrons. The van der Waals surface area contributed by atoms with E-state index in [4.69, 9.17) is 16.7 Å². The minimum Gasteiger partial charge on any atom is -0.480 e. The van der Waals surface area contributed by atoms with Crippen LogP contribution in [0.3, 0.4) is 0 Å². The van der Waals surface area contributed by atoms with Crippen LogP contribution in [-0.2, 0) is 11.3 Å². The van der Waals surface area contributed by atoms with E-state index in [-0.39, 0.29) is 6.54 Å². The Hall–Kier alpha value is -0.980. The van der Waals surface area contributed by atoms with E-state index in [9.17, 15) is 4.79 Å². The lowest BCUT2D eigenvalue weighted by Gasteiger charge is -2.16. The van der Waals surface area contributed by atoms with Crippen LogP contribution in [0.1, 0.15) is 5.69 Å². The Morgan fingerprint density at radius 3 is 2.93 bits per heavy atom. The lowest BCUT2D eigenvalue weighted by Crippen LogP contribution is -2.29. The van der Waals surface area contributed by atoms with Crippen LogP contribution in [0.25, 0.3) is 0 Å². The average molecular weight is 248 g/mol. The topological polar surface area (TPSA) is 66.3 Å². The van der Waals surface area contributed by atoms with Gasteiger partial charge in [0.25, 0.3) is 0 Å². The lowest BCUT2D eigenvalue weighted by atomic mass is 10.4. The van der Waals surface area contributed by atoms with Crippen LogP contribution in [0.2, 0.25) is 4.34 Å². The number of aromatic nitrogens is 2. The first-order valence-corrected chi connectivity index (χ1v) is 5.30. The first-order chi connectivity index (χ1) is 7.13. The fourth-order valence-corrected chi connectivity index (χ4v) is 1.67. The van der Waals surface area contributed by atoms with Crippen molar-refractivity contribution in [2.75, 3.05) is 13.1 Å². The van der Waals surface area contributed by atoms with Crippen LogP contribution in [0.5, 0.6) is 0 Å². The van der Waals surface area contributed by atoms with E-state index in [0.29, 0.717) is 23.1 Å². The Morgan fingerprint density at radius 1 is 1.73 bits per heavy atom. The van der Waals surface area contributed by atoms with E-state index in [0.717, 1.165) is 11.5 Å². The molecule has 5 nitrogen and oxygen atoms in total. The zero-order valence-corrected chi connectivity index (χ0v) is 9.46. The summed E-state index contributed by atoms with van der Waals surface area (Å²) in [6.45, 7) is 4.33. The van der Waals surface area contributed by atoms with Crippen molar-refractivity contribution in [3.05, 3.63) is 22.7 Å². The molecular weight excluding hydrogens is 238 g/mol. The molecule has 0 bridgehead atoms. The van der Waals surface area contributed by atoms with Crippen molar-refractivity contribution in [3.63, 3.8) is 0 Å². The summed E-state index contributed by atoms with van der Waals surface area (Å²) in [6, 6.07) is 0. The number of hydrogen-bond acceptors (Lipinski definition) is 5. The highest BCUT2D eigenvalue weighted by Crippen LogP contribution is 2.18. The second kappa shape index (κ2) is 5.79. The summed E-state index contributed by atoms with van der Waals surface area (Å²) < 4.78 is 4.17. The Morgan fingerprint density at radius 2 is 2.47 bits per heavy atom. The Kier molecular flexibility index (Phi) is 4.67. The standard InChI is InChI=1S/C8H10ClN3O2S/c1-2-3-12(5-7(13)14)4-6-8(9)15-11-10-6/h2H,1,3-5H2,(H,13,14). The zero-order chi connectivity index (χ0) is 11.3. The van der Waals surface area contributed by atoms with Gasteiger partial charge in [0, 0.05) is 24.6 Å². The molecule has 0 aliphatic carbocycles. The molecule has 0 amide bonds.